The van der Waals surface area contributed by atoms with Crippen LogP contribution in [0.3, 0.4) is 0 Å². The standard InChI is InChI=1S/C11H20N4O/c1-4-7(3)9(12)11(16)14-10-8(5-2)6-13-15-10/h6-7,9H,4-5,12H2,1-3H3,(H2,13,14,15,16)/t7-,9-/m0/s1. The molecule has 1 rings (SSSR count). The molecule has 0 aliphatic carbocycles. The van der Waals surface area contributed by atoms with Gasteiger partial charge in [0.2, 0.25) is 5.91 Å². The summed E-state index contributed by atoms with van der Waals surface area (Å²) in [6, 6.07) is -0.474. The van der Waals surface area contributed by atoms with E-state index in [9.17, 15) is 4.79 Å². The maximum Gasteiger partial charge on any atom is 0.242 e. The molecule has 4 N–H and O–H groups in total. The van der Waals surface area contributed by atoms with Crippen molar-refractivity contribution in [2.45, 2.75) is 39.7 Å². The summed E-state index contributed by atoms with van der Waals surface area (Å²) in [6.07, 6.45) is 3.42. The van der Waals surface area contributed by atoms with Gasteiger partial charge in [0.05, 0.1) is 12.2 Å². The third kappa shape index (κ3) is 2.82. The van der Waals surface area contributed by atoms with Crippen molar-refractivity contribution in [2.75, 3.05) is 5.32 Å². The van der Waals surface area contributed by atoms with Gasteiger partial charge in [0.15, 0.2) is 0 Å². The van der Waals surface area contributed by atoms with Gasteiger partial charge in [-0.25, -0.2) is 0 Å². The average molecular weight is 224 g/mol. The quantitative estimate of drug-likeness (QED) is 0.704. The highest BCUT2D eigenvalue weighted by Crippen LogP contribution is 2.13. The summed E-state index contributed by atoms with van der Waals surface area (Å²) in [7, 11) is 0. The van der Waals surface area contributed by atoms with Crippen molar-refractivity contribution in [1.82, 2.24) is 10.2 Å². The fourth-order valence-corrected chi connectivity index (χ4v) is 1.41. The number of anilines is 1. The number of aromatic amines is 1. The number of aryl methyl sites for hydroxylation is 1. The molecule has 5 heteroatoms. The van der Waals surface area contributed by atoms with Crippen LogP contribution in [0.4, 0.5) is 5.82 Å². The van der Waals surface area contributed by atoms with Gasteiger partial charge in [-0.3, -0.25) is 9.89 Å². The smallest absolute Gasteiger partial charge is 0.242 e. The predicted octanol–water partition coefficient (Wildman–Crippen LogP) is 1.28. The Kier molecular flexibility index (Phi) is 4.49. The van der Waals surface area contributed by atoms with Gasteiger partial charge in [0.1, 0.15) is 5.82 Å². The number of nitrogens with zero attached hydrogens (tertiary/aromatic N) is 1. The highest BCUT2D eigenvalue weighted by Gasteiger charge is 2.20. The Hall–Kier alpha value is -1.36. The Labute approximate surface area is 95.8 Å². The number of carbonyl (C=O) groups excluding carboxylic acids is 1. The molecule has 0 saturated carbocycles. The largest absolute Gasteiger partial charge is 0.320 e. The van der Waals surface area contributed by atoms with E-state index in [-0.39, 0.29) is 11.8 Å². The molecule has 0 unspecified atom stereocenters. The molecule has 1 aromatic heterocycles. The van der Waals surface area contributed by atoms with E-state index in [2.05, 4.69) is 15.5 Å². The molecule has 0 aliphatic heterocycles. The Bertz CT molecular complexity index is 348. The van der Waals surface area contributed by atoms with Crippen LogP contribution in [-0.4, -0.2) is 22.1 Å². The highest BCUT2D eigenvalue weighted by atomic mass is 16.2. The normalized spacial score (nSPS) is 14.5. The molecule has 0 bridgehead atoms. The molecule has 0 radical (unpaired) electrons. The van der Waals surface area contributed by atoms with Crippen LogP contribution in [0.2, 0.25) is 0 Å². The summed E-state index contributed by atoms with van der Waals surface area (Å²) in [4.78, 5) is 11.8. The zero-order valence-electron chi connectivity index (χ0n) is 10.1. The molecule has 1 aromatic rings. The fourth-order valence-electron chi connectivity index (χ4n) is 1.41. The van der Waals surface area contributed by atoms with Crippen LogP contribution in [0.25, 0.3) is 0 Å². The van der Waals surface area contributed by atoms with E-state index in [1.54, 1.807) is 6.20 Å². The van der Waals surface area contributed by atoms with E-state index < -0.39 is 6.04 Å². The number of nitrogens with one attached hydrogen (secondary N) is 2. The average Bonchev–Trinajstić information content (AvgIpc) is 2.74. The summed E-state index contributed by atoms with van der Waals surface area (Å²) in [5.74, 6) is 0.674. The van der Waals surface area contributed by atoms with Crippen molar-refractivity contribution in [3.8, 4) is 0 Å². The lowest BCUT2D eigenvalue weighted by atomic mass is 9.99. The number of aromatic nitrogens is 2. The van der Waals surface area contributed by atoms with Gasteiger partial charge in [-0.15, -0.1) is 0 Å². The van der Waals surface area contributed by atoms with Crippen molar-refractivity contribution in [3.63, 3.8) is 0 Å². The first-order chi connectivity index (χ1) is 7.60. The second kappa shape index (κ2) is 5.65. The first-order valence-corrected chi connectivity index (χ1v) is 5.68. The molecule has 0 spiro atoms. The van der Waals surface area contributed by atoms with E-state index in [0.29, 0.717) is 5.82 Å². The van der Waals surface area contributed by atoms with E-state index >= 15 is 0 Å². The number of hydrogen-bond donors (Lipinski definition) is 3. The summed E-state index contributed by atoms with van der Waals surface area (Å²) in [5, 5.41) is 9.43. The van der Waals surface area contributed by atoms with Gasteiger partial charge in [-0.2, -0.15) is 5.10 Å². The van der Waals surface area contributed by atoms with Gasteiger partial charge in [0, 0.05) is 5.56 Å². The molecular weight excluding hydrogens is 204 g/mol. The number of H-pyrrole nitrogens is 1. The monoisotopic (exact) mass is 224 g/mol. The van der Waals surface area contributed by atoms with Crippen LogP contribution in [0.1, 0.15) is 32.8 Å². The first kappa shape index (κ1) is 12.7. The Morgan fingerprint density at radius 2 is 2.31 bits per heavy atom. The Morgan fingerprint density at radius 3 is 2.88 bits per heavy atom. The zero-order valence-corrected chi connectivity index (χ0v) is 10.1. The van der Waals surface area contributed by atoms with Gasteiger partial charge >= 0.3 is 0 Å². The van der Waals surface area contributed by atoms with E-state index in [0.717, 1.165) is 18.4 Å². The molecule has 1 amide bonds. The van der Waals surface area contributed by atoms with Crippen molar-refractivity contribution in [2.24, 2.45) is 11.7 Å². The lowest BCUT2D eigenvalue weighted by Crippen LogP contribution is -2.40. The van der Waals surface area contributed by atoms with Crippen molar-refractivity contribution in [1.29, 1.82) is 0 Å². The molecule has 0 aromatic carbocycles. The van der Waals surface area contributed by atoms with Gasteiger partial charge in [-0.05, 0) is 12.3 Å². The second-order valence-corrected chi connectivity index (χ2v) is 4.02. The summed E-state index contributed by atoms with van der Waals surface area (Å²) < 4.78 is 0. The Morgan fingerprint density at radius 1 is 1.62 bits per heavy atom. The first-order valence-electron chi connectivity index (χ1n) is 5.68. The second-order valence-electron chi connectivity index (χ2n) is 4.02. The molecule has 0 saturated heterocycles. The number of hydrogen-bond acceptors (Lipinski definition) is 3. The van der Waals surface area contributed by atoms with Crippen LogP contribution in [0.5, 0.6) is 0 Å². The topological polar surface area (TPSA) is 83.8 Å². The predicted molar refractivity (Wildman–Crippen MR) is 64.0 cm³/mol. The van der Waals surface area contributed by atoms with Crippen LogP contribution in [0, 0.1) is 5.92 Å². The molecule has 2 atom stereocenters. The molecule has 0 aliphatic rings. The van der Waals surface area contributed by atoms with E-state index in [4.69, 9.17) is 5.73 Å². The number of amides is 1. The van der Waals surface area contributed by atoms with Crippen molar-refractivity contribution < 1.29 is 4.79 Å². The van der Waals surface area contributed by atoms with Gasteiger partial charge in [0.25, 0.3) is 0 Å². The minimum absolute atomic E-state index is 0.159. The van der Waals surface area contributed by atoms with Gasteiger partial charge in [-0.1, -0.05) is 27.2 Å². The molecule has 90 valence electrons. The SMILES string of the molecule is CCc1cn[nH]c1NC(=O)[C@@H](N)[C@@H](C)CC. The Balaban J connectivity index is 2.64. The molecule has 16 heavy (non-hydrogen) atoms. The van der Waals surface area contributed by atoms with Crippen molar-refractivity contribution in [3.05, 3.63) is 11.8 Å². The number of carbonyl (C=O) groups is 1. The number of nitrogens with two attached hydrogens (primary N) is 1. The third-order valence-corrected chi connectivity index (χ3v) is 2.91. The maximum absolute atomic E-state index is 11.8. The highest BCUT2D eigenvalue weighted by molar-refractivity contribution is 5.94. The lowest BCUT2D eigenvalue weighted by Gasteiger charge is -2.17. The maximum atomic E-state index is 11.8. The summed E-state index contributed by atoms with van der Waals surface area (Å²) >= 11 is 0. The molecular formula is C11H20N4O. The molecule has 5 nitrogen and oxygen atoms in total. The van der Waals surface area contributed by atoms with E-state index in [1.165, 1.54) is 0 Å². The molecule has 0 fully saturated rings. The third-order valence-electron chi connectivity index (χ3n) is 2.91. The lowest BCUT2D eigenvalue weighted by molar-refractivity contribution is -0.118. The van der Waals surface area contributed by atoms with Crippen molar-refractivity contribution >= 4 is 11.7 Å². The number of rotatable bonds is 5. The van der Waals surface area contributed by atoms with Gasteiger partial charge < -0.3 is 11.1 Å². The van der Waals surface area contributed by atoms with Crippen LogP contribution in [0.15, 0.2) is 6.20 Å². The summed E-state index contributed by atoms with van der Waals surface area (Å²) in [5.41, 5.74) is 6.82. The minimum Gasteiger partial charge on any atom is -0.320 e. The van der Waals surface area contributed by atoms with E-state index in [1.807, 2.05) is 20.8 Å². The fraction of sp³-hybridized carbons (Fsp3) is 0.636. The summed E-state index contributed by atoms with van der Waals surface area (Å²) in [6.45, 7) is 6.00. The minimum atomic E-state index is -0.474. The zero-order chi connectivity index (χ0) is 12.1. The molecule has 1 heterocycles. The van der Waals surface area contributed by atoms with Crippen LogP contribution >= 0.6 is 0 Å². The van der Waals surface area contributed by atoms with Crippen LogP contribution < -0.4 is 11.1 Å². The van der Waals surface area contributed by atoms with Crippen LogP contribution in [-0.2, 0) is 11.2 Å².